The van der Waals surface area contributed by atoms with Crippen molar-refractivity contribution in [1.82, 2.24) is 10.2 Å². The number of anilines is 1. The number of benzene rings is 1. The highest BCUT2D eigenvalue weighted by atomic mass is 79.9. The number of hydrogen-bond acceptors (Lipinski definition) is 3. The van der Waals surface area contributed by atoms with Crippen molar-refractivity contribution in [1.29, 1.82) is 0 Å². The van der Waals surface area contributed by atoms with Crippen LogP contribution in [0.3, 0.4) is 0 Å². The fourth-order valence-corrected chi connectivity index (χ4v) is 3.25. The molecule has 1 saturated heterocycles. The molecule has 0 radical (unpaired) electrons. The Morgan fingerprint density at radius 1 is 1.20 bits per heavy atom. The highest BCUT2D eigenvalue weighted by molar-refractivity contribution is 9.10. The first kappa shape index (κ1) is 14.4. The smallest absolute Gasteiger partial charge is 0.0378 e. The van der Waals surface area contributed by atoms with Crippen molar-refractivity contribution in [3.8, 4) is 0 Å². The molecule has 2 fully saturated rings. The molecule has 1 aromatic carbocycles. The van der Waals surface area contributed by atoms with Gasteiger partial charge in [0, 0.05) is 48.9 Å². The van der Waals surface area contributed by atoms with Gasteiger partial charge in [-0.1, -0.05) is 28.9 Å². The second kappa shape index (κ2) is 6.46. The molecule has 1 heterocycles. The molecule has 1 saturated carbocycles. The fraction of sp³-hybridized carbons (Fsp3) is 0.625. The third-order valence-corrected chi connectivity index (χ3v) is 5.12. The average molecular weight is 338 g/mol. The van der Waals surface area contributed by atoms with Crippen molar-refractivity contribution in [2.75, 3.05) is 37.6 Å². The van der Waals surface area contributed by atoms with Crippen molar-refractivity contribution in [3.05, 3.63) is 28.2 Å². The lowest BCUT2D eigenvalue weighted by atomic mass is 10.1. The predicted octanol–water partition coefficient (Wildman–Crippen LogP) is 2.84. The Bertz CT molecular complexity index is 451. The van der Waals surface area contributed by atoms with E-state index < -0.39 is 0 Å². The molecule has 0 bridgehead atoms. The van der Waals surface area contributed by atoms with Crippen LogP contribution in [0.1, 0.15) is 25.3 Å². The van der Waals surface area contributed by atoms with Crippen LogP contribution in [0, 0.1) is 0 Å². The standard InChI is InChI=1S/C16H24BrN3/c1-2-19-7-9-20(10-8-19)15-6-3-13(16(17)11-15)12-18-14-4-5-14/h3,6,11,14,18H,2,4-5,7-10,12H2,1H3. The molecule has 20 heavy (non-hydrogen) atoms. The van der Waals surface area contributed by atoms with E-state index in [-0.39, 0.29) is 0 Å². The van der Waals surface area contributed by atoms with Crippen molar-refractivity contribution in [2.45, 2.75) is 32.4 Å². The number of piperazine rings is 1. The largest absolute Gasteiger partial charge is 0.369 e. The molecule has 1 N–H and O–H groups in total. The average Bonchev–Trinajstić information content (AvgIpc) is 3.30. The van der Waals surface area contributed by atoms with Crippen molar-refractivity contribution < 1.29 is 0 Å². The normalized spacial score (nSPS) is 20.4. The third kappa shape index (κ3) is 3.54. The summed E-state index contributed by atoms with van der Waals surface area (Å²) in [5.74, 6) is 0. The van der Waals surface area contributed by atoms with Crippen LogP contribution in [-0.2, 0) is 6.54 Å². The molecule has 1 aliphatic heterocycles. The molecule has 0 atom stereocenters. The Balaban J connectivity index is 1.60. The van der Waals surface area contributed by atoms with E-state index in [0.29, 0.717) is 0 Å². The summed E-state index contributed by atoms with van der Waals surface area (Å²) < 4.78 is 1.24. The maximum absolute atomic E-state index is 3.73. The summed E-state index contributed by atoms with van der Waals surface area (Å²) in [5.41, 5.74) is 2.72. The van der Waals surface area contributed by atoms with Crippen molar-refractivity contribution in [2.24, 2.45) is 0 Å². The lowest BCUT2D eigenvalue weighted by Gasteiger charge is -2.35. The van der Waals surface area contributed by atoms with Crippen LogP contribution in [-0.4, -0.2) is 43.7 Å². The summed E-state index contributed by atoms with van der Waals surface area (Å²) in [4.78, 5) is 5.01. The minimum Gasteiger partial charge on any atom is -0.369 e. The molecule has 3 nitrogen and oxygen atoms in total. The molecule has 1 aromatic rings. The van der Waals surface area contributed by atoms with E-state index >= 15 is 0 Å². The number of halogens is 1. The van der Waals surface area contributed by atoms with E-state index in [1.807, 2.05) is 0 Å². The zero-order valence-corrected chi connectivity index (χ0v) is 13.8. The predicted molar refractivity (Wildman–Crippen MR) is 88.3 cm³/mol. The first-order valence-corrected chi connectivity index (χ1v) is 8.54. The van der Waals surface area contributed by atoms with E-state index in [1.54, 1.807) is 0 Å². The maximum atomic E-state index is 3.73. The van der Waals surface area contributed by atoms with Gasteiger partial charge in [0.05, 0.1) is 0 Å². The number of likely N-dealkylation sites (N-methyl/N-ethyl adjacent to an activating group) is 1. The highest BCUT2D eigenvalue weighted by Crippen LogP contribution is 2.26. The van der Waals surface area contributed by atoms with Crippen LogP contribution < -0.4 is 10.2 Å². The molecule has 0 unspecified atom stereocenters. The summed E-state index contributed by atoms with van der Waals surface area (Å²) in [5, 5.41) is 3.58. The van der Waals surface area contributed by atoms with E-state index in [0.717, 1.165) is 25.7 Å². The lowest BCUT2D eigenvalue weighted by Crippen LogP contribution is -2.46. The van der Waals surface area contributed by atoms with Gasteiger partial charge in [-0.05, 0) is 37.1 Å². The first-order chi connectivity index (χ1) is 9.76. The van der Waals surface area contributed by atoms with Gasteiger partial charge in [-0.15, -0.1) is 0 Å². The molecule has 0 aromatic heterocycles. The van der Waals surface area contributed by atoms with E-state index in [1.165, 1.54) is 48.2 Å². The molecule has 0 spiro atoms. The van der Waals surface area contributed by atoms with Gasteiger partial charge in [-0.25, -0.2) is 0 Å². The van der Waals surface area contributed by atoms with Crippen LogP contribution in [0.4, 0.5) is 5.69 Å². The SMILES string of the molecule is CCN1CCN(c2ccc(CNC3CC3)c(Br)c2)CC1. The quantitative estimate of drug-likeness (QED) is 0.891. The van der Waals surface area contributed by atoms with Crippen LogP contribution >= 0.6 is 15.9 Å². The monoisotopic (exact) mass is 337 g/mol. The Morgan fingerprint density at radius 2 is 1.95 bits per heavy atom. The number of rotatable bonds is 5. The topological polar surface area (TPSA) is 18.5 Å². The van der Waals surface area contributed by atoms with Gasteiger partial charge in [-0.2, -0.15) is 0 Å². The summed E-state index contributed by atoms with van der Waals surface area (Å²) in [6.45, 7) is 9.03. The van der Waals surface area contributed by atoms with Gasteiger partial charge >= 0.3 is 0 Å². The van der Waals surface area contributed by atoms with Crippen molar-refractivity contribution in [3.63, 3.8) is 0 Å². The summed E-state index contributed by atoms with van der Waals surface area (Å²) in [6, 6.07) is 7.59. The molecule has 110 valence electrons. The van der Waals surface area contributed by atoms with Gasteiger partial charge in [-0.3, -0.25) is 0 Å². The fourth-order valence-electron chi connectivity index (χ4n) is 2.74. The van der Waals surface area contributed by atoms with Crippen LogP contribution in [0.2, 0.25) is 0 Å². The lowest BCUT2D eigenvalue weighted by molar-refractivity contribution is 0.271. The van der Waals surface area contributed by atoms with E-state index in [2.05, 4.69) is 56.2 Å². The van der Waals surface area contributed by atoms with Gasteiger partial charge in [0.2, 0.25) is 0 Å². The minimum absolute atomic E-state index is 0.767. The summed E-state index contributed by atoms with van der Waals surface area (Å²) in [6.07, 6.45) is 2.69. The first-order valence-electron chi connectivity index (χ1n) is 7.75. The van der Waals surface area contributed by atoms with Gasteiger partial charge < -0.3 is 15.1 Å². The Hall–Kier alpha value is -0.580. The summed E-state index contributed by atoms with van der Waals surface area (Å²) in [7, 11) is 0. The molecule has 3 rings (SSSR count). The van der Waals surface area contributed by atoms with Crippen LogP contribution in [0.5, 0.6) is 0 Å². The molecular weight excluding hydrogens is 314 g/mol. The van der Waals surface area contributed by atoms with Crippen LogP contribution in [0.15, 0.2) is 22.7 Å². The Kier molecular flexibility index (Phi) is 4.64. The second-order valence-corrected chi connectivity index (χ2v) is 6.71. The zero-order valence-electron chi connectivity index (χ0n) is 12.2. The minimum atomic E-state index is 0.767. The maximum Gasteiger partial charge on any atom is 0.0378 e. The summed E-state index contributed by atoms with van der Waals surface area (Å²) >= 11 is 3.73. The molecule has 1 aliphatic carbocycles. The Morgan fingerprint density at radius 3 is 2.55 bits per heavy atom. The third-order valence-electron chi connectivity index (χ3n) is 4.38. The molecule has 4 heteroatoms. The van der Waals surface area contributed by atoms with Gasteiger partial charge in [0.25, 0.3) is 0 Å². The van der Waals surface area contributed by atoms with Gasteiger partial charge in [0.1, 0.15) is 0 Å². The number of nitrogens with one attached hydrogen (secondary N) is 1. The van der Waals surface area contributed by atoms with Crippen LogP contribution in [0.25, 0.3) is 0 Å². The Labute approximate surface area is 130 Å². The van der Waals surface area contributed by atoms with Gasteiger partial charge in [0.15, 0.2) is 0 Å². The van der Waals surface area contributed by atoms with E-state index in [9.17, 15) is 0 Å². The van der Waals surface area contributed by atoms with E-state index in [4.69, 9.17) is 0 Å². The number of hydrogen-bond donors (Lipinski definition) is 1. The molecule has 2 aliphatic rings. The second-order valence-electron chi connectivity index (χ2n) is 5.85. The molecular formula is C16H24BrN3. The zero-order chi connectivity index (χ0) is 13.9. The van der Waals surface area contributed by atoms with Crippen molar-refractivity contribution >= 4 is 21.6 Å². The highest BCUT2D eigenvalue weighted by Gasteiger charge is 2.21. The molecule has 0 amide bonds. The number of nitrogens with zero attached hydrogens (tertiary/aromatic N) is 2.